The molecule has 0 heterocycles. The molecule has 1 N–H and O–H groups in total. The third-order valence-electron chi connectivity index (χ3n) is 2.43. The Morgan fingerprint density at radius 1 is 1.31 bits per heavy atom. The average molecular weight is 247 g/mol. The number of hydrogen-bond donors (Lipinski definition) is 1. The molecule has 1 atom stereocenters. The molecule has 0 aromatic carbocycles. The Labute approximate surface area is 85.6 Å². The van der Waals surface area contributed by atoms with Crippen LogP contribution in [0, 0.1) is 0 Å². The van der Waals surface area contributed by atoms with E-state index in [9.17, 15) is 31.5 Å². The first-order valence-electron chi connectivity index (χ1n) is 3.93. The number of carboxylic acids is 1. The third-order valence-corrected chi connectivity index (χ3v) is 2.43. The van der Waals surface area contributed by atoms with Gasteiger partial charge in [0.1, 0.15) is 0 Å². The third kappa shape index (κ3) is 1.50. The van der Waals surface area contributed by atoms with Gasteiger partial charge in [-0.05, 0) is 0 Å². The lowest BCUT2D eigenvalue weighted by Gasteiger charge is -2.25. The van der Waals surface area contributed by atoms with Crippen molar-refractivity contribution in [2.45, 2.75) is 24.1 Å². The maximum Gasteiger partial charge on any atom is 0.471 e. The van der Waals surface area contributed by atoms with Gasteiger partial charge < -0.3 is 10.0 Å². The zero-order valence-electron chi connectivity index (χ0n) is 7.81. The summed E-state index contributed by atoms with van der Waals surface area (Å²) in [6.07, 6.45) is -6.69. The van der Waals surface area contributed by atoms with E-state index in [4.69, 9.17) is 5.11 Å². The number of nitrogens with zero attached hydrogens (tertiary/aromatic N) is 1. The highest BCUT2D eigenvalue weighted by Gasteiger charge is 2.81. The van der Waals surface area contributed by atoms with Crippen molar-refractivity contribution >= 4 is 11.9 Å². The van der Waals surface area contributed by atoms with Crippen LogP contribution in [0.25, 0.3) is 0 Å². The van der Waals surface area contributed by atoms with Crippen LogP contribution in [0.1, 0.15) is 6.42 Å². The Balaban J connectivity index is 3.02. The smallest absolute Gasteiger partial charge is 0.471 e. The van der Waals surface area contributed by atoms with Crippen molar-refractivity contribution < 1.29 is 36.6 Å². The minimum Gasteiger partial charge on any atom is -0.479 e. The number of alkyl halides is 5. The molecule has 1 unspecified atom stereocenters. The SMILES string of the molecule is CN(C(=O)C(F)(F)F)C1(C(=O)O)CC1(F)F. The predicted molar refractivity (Wildman–Crippen MR) is 38.8 cm³/mol. The minimum absolute atomic E-state index is 0.394. The molecule has 1 rings (SSSR count). The molecule has 0 radical (unpaired) electrons. The first kappa shape index (κ1) is 12.7. The molecule has 1 amide bonds. The summed E-state index contributed by atoms with van der Waals surface area (Å²) in [5.41, 5.74) is -3.07. The summed E-state index contributed by atoms with van der Waals surface area (Å²) in [5, 5.41) is 8.48. The standard InChI is InChI=1S/C7H6F5NO3/c1-13(3(14)7(10,11)12)5(4(15)16)2-6(5,8)9/h2H2,1H3,(H,15,16). The summed E-state index contributed by atoms with van der Waals surface area (Å²) in [6.45, 7) is 0. The number of amides is 1. The van der Waals surface area contributed by atoms with E-state index < -0.39 is 40.8 Å². The lowest BCUT2D eigenvalue weighted by molar-refractivity contribution is -0.191. The second kappa shape index (κ2) is 3.05. The minimum atomic E-state index is -5.38. The number of carbonyl (C=O) groups excluding carboxylic acids is 1. The molecule has 9 heteroatoms. The summed E-state index contributed by atoms with van der Waals surface area (Å²) in [4.78, 5) is 20.7. The van der Waals surface area contributed by atoms with Gasteiger partial charge in [-0.15, -0.1) is 0 Å². The molecular formula is C7H6F5NO3. The van der Waals surface area contributed by atoms with Crippen molar-refractivity contribution in [3.8, 4) is 0 Å². The van der Waals surface area contributed by atoms with Gasteiger partial charge in [0.2, 0.25) is 5.54 Å². The fourth-order valence-corrected chi connectivity index (χ4v) is 1.38. The molecule has 0 saturated heterocycles. The zero-order valence-corrected chi connectivity index (χ0v) is 7.81. The van der Waals surface area contributed by atoms with Gasteiger partial charge in [-0.3, -0.25) is 4.79 Å². The van der Waals surface area contributed by atoms with Crippen molar-refractivity contribution in [1.29, 1.82) is 0 Å². The van der Waals surface area contributed by atoms with Gasteiger partial charge in [-0.2, -0.15) is 13.2 Å². The van der Waals surface area contributed by atoms with Crippen LogP contribution in [-0.2, 0) is 9.59 Å². The summed E-state index contributed by atoms with van der Waals surface area (Å²) >= 11 is 0. The average Bonchev–Trinajstić information content (AvgIpc) is 2.66. The molecule has 1 fully saturated rings. The van der Waals surface area contributed by atoms with E-state index in [0.717, 1.165) is 0 Å². The van der Waals surface area contributed by atoms with Crippen LogP contribution in [0.15, 0.2) is 0 Å². The lowest BCUT2D eigenvalue weighted by Crippen LogP contribution is -2.53. The van der Waals surface area contributed by atoms with E-state index in [1.165, 1.54) is 0 Å². The van der Waals surface area contributed by atoms with Gasteiger partial charge in [0.25, 0.3) is 5.92 Å². The van der Waals surface area contributed by atoms with Gasteiger partial charge in [-0.1, -0.05) is 0 Å². The van der Waals surface area contributed by atoms with Gasteiger partial charge in [0.15, 0.2) is 0 Å². The van der Waals surface area contributed by atoms with E-state index in [2.05, 4.69) is 0 Å². The van der Waals surface area contributed by atoms with Crippen molar-refractivity contribution in [3.63, 3.8) is 0 Å². The van der Waals surface area contributed by atoms with E-state index >= 15 is 0 Å². The predicted octanol–water partition coefficient (Wildman–Crippen LogP) is 0.869. The molecule has 92 valence electrons. The molecule has 0 aromatic rings. The fraction of sp³-hybridized carbons (Fsp3) is 0.714. The molecule has 1 aliphatic carbocycles. The Bertz CT molecular complexity index is 352. The quantitative estimate of drug-likeness (QED) is 0.736. The van der Waals surface area contributed by atoms with Crippen molar-refractivity contribution in [2.24, 2.45) is 0 Å². The molecule has 4 nitrogen and oxygen atoms in total. The van der Waals surface area contributed by atoms with Gasteiger partial charge in [0, 0.05) is 7.05 Å². The van der Waals surface area contributed by atoms with Gasteiger partial charge >= 0.3 is 18.1 Å². The second-order valence-electron chi connectivity index (χ2n) is 3.41. The number of hydrogen-bond acceptors (Lipinski definition) is 2. The summed E-state index contributed by atoms with van der Waals surface area (Å²) in [7, 11) is 0.394. The maximum atomic E-state index is 12.8. The number of carbonyl (C=O) groups is 2. The second-order valence-corrected chi connectivity index (χ2v) is 3.41. The molecule has 16 heavy (non-hydrogen) atoms. The number of likely N-dealkylation sites (N-methyl/N-ethyl adjacent to an activating group) is 1. The molecular weight excluding hydrogens is 241 g/mol. The number of carboxylic acid groups (broad SMARTS) is 1. The van der Waals surface area contributed by atoms with Crippen LogP contribution >= 0.6 is 0 Å². The summed E-state index contributed by atoms with van der Waals surface area (Å²) < 4.78 is 61.4. The number of halogens is 5. The largest absolute Gasteiger partial charge is 0.479 e. The normalized spacial score (nSPS) is 27.4. The van der Waals surface area contributed by atoms with Crippen molar-refractivity contribution in [2.75, 3.05) is 7.05 Å². The van der Waals surface area contributed by atoms with Gasteiger partial charge in [-0.25, -0.2) is 13.6 Å². The summed E-state index contributed by atoms with van der Waals surface area (Å²) in [6, 6.07) is 0. The highest BCUT2D eigenvalue weighted by Crippen LogP contribution is 2.56. The molecule has 0 aliphatic heterocycles. The zero-order chi connectivity index (χ0) is 12.9. The Morgan fingerprint density at radius 2 is 1.69 bits per heavy atom. The van der Waals surface area contributed by atoms with Crippen molar-refractivity contribution in [3.05, 3.63) is 0 Å². The van der Waals surface area contributed by atoms with Crippen LogP contribution in [0.3, 0.4) is 0 Å². The van der Waals surface area contributed by atoms with E-state index in [1.54, 1.807) is 0 Å². The van der Waals surface area contributed by atoms with Crippen LogP contribution in [-0.4, -0.2) is 46.6 Å². The molecule has 0 aromatic heterocycles. The highest BCUT2D eigenvalue weighted by molar-refractivity contribution is 5.93. The maximum absolute atomic E-state index is 12.8. The number of aliphatic carboxylic acids is 1. The molecule has 0 spiro atoms. The van der Waals surface area contributed by atoms with E-state index in [-0.39, 0.29) is 0 Å². The Morgan fingerprint density at radius 3 is 1.88 bits per heavy atom. The van der Waals surface area contributed by atoms with Gasteiger partial charge in [0.05, 0.1) is 6.42 Å². The molecule has 1 saturated carbocycles. The van der Waals surface area contributed by atoms with Crippen LogP contribution in [0.4, 0.5) is 22.0 Å². The first-order chi connectivity index (χ1) is 6.97. The lowest BCUT2D eigenvalue weighted by atomic mass is 10.2. The Hall–Kier alpha value is -1.41. The first-order valence-corrected chi connectivity index (χ1v) is 3.93. The fourth-order valence-electron chi connectivity index (χ4n) is 1.38. The van der Waals surface area contributed by atoms with E-state index in [0.29, 0.717) is 7.05 Å². The molecule has 1 aliphatic rings. The van der Waals surface area contributed by atoms with Crippen LogP contribution in [0.5, 0.6) is 0 Å². The summed E-state index contributed by atoms with van der Waals surface area (Å²) in [5.74, 6) is -8.60. The monoisotopic (exact) mass is 247 g/mol. The topological polar surface area (TPSA) is 57.6 Å². The van der Waals surface area contributed by atoms with Crippen LogP contribution < -0.4 is 0 Å². The van der Waals surface area contributed by atoms with Crippen molar-refractivity contribution in [1.82, 2.24) is 4.90 Å². The Kier molecular flexibility index (Phi) is 2.41. The van der Waals surface area contributed by atoms with E-state index in [1.807, 2.05) is 0 Å². The number of rotatable bonds is 2. The highest BCUT2D eigenvalue weighted by atomic mass is 19.4. The molecule has 0 bridgehead atoms. The van der Waals surface area contributed by atoms with Crippen LogP contribution in [0.2, 0.25) is 0 Å².